The Labute approximate surface area is 52.0 Å². The quantitative estimate of drug-likeness (QED) is 0.459. The molecule has 0 fully saturated rings. The predicted octanol–water partition coefficient (Wildman–Crippen LogP) is 0.755. The molecule has 0 rings (SSSR count). The van der Waals surface area contributed by atoms with Gasteiger partial charge in [0.05, 0.1) is 0 Å². The van der Waals surface area contributed by atoms with Crippen LogP contribution in [-0.4, -0.2) is 23.3 Å². The Bertz CT molecular complexity index is 48.2. The summed E-state index contributed by atoms with van der Waals surface area (Å²) in [6.07, 6.45) is -1.07. The van der Waals surface area contributed by atoms with Gasteiger partial charge in [0, 0.05) is 7.11 Å². The lowest BCUT2D eigenvalue weighted by molar-refractivity contribution is -0.0625. The third-order valence-corrected chi connectivity index (χ3v) is 0.888. The van der Waals surface area contributed by atoms with Crippen LogP contribution in [-0.2, 0) is 4.74 Å². The first kappa shape index (κ1) is 7.50. The van der Waals surface area contributed by atoms with Crippen molar-refractivity contribution >= 4 is 23.2 Å². The third kappa shape index (κ3) is 3.12. The minimum Gasteiger partial charge on any atom is -0.366 e. The molecule has 0 aromatic rings. The molecule has 0 aromatic carbocycles. The number of halogens is 2. The Morgan fingerprint density at radius 1 is 1.57 bits per heavy atom. The van der Waals surface area contributed by atoms with Crippen LogP contribution in [0.3, 0.4) is 0 Å². The van der Waals surface area contributed by atoms with Gasteiger partial charge in [0.2, 0.25) is 0 Å². The normalized spacial score (nSPS) is 15.0. The lowest BCUT2D eigenvalue weighted by Crippen LogP contribution is -2.16. The number of methoxy groups -OCH3 is 1. The van der Waals surface area contributed by atoms with Gasteiger partial charge in [0.1, 0.15) is 0 Å². The fourth-order valence-electron chi connectivity index (χ4n) is 0.103. The van der Waals surface area contributed by atoms with Gasteiger partial charge >= 0.3 is 0 Å². The molecule has 0 radical (unpaired) electrons. The van der Waals surface area contributed by atoms with Crippen molar-refractivity contribution < 1.29 is 9.84 Å². The van der Waals surface area contributed by atoms with Crippen molar-refractivity contribution in [3.63, 3.8) is 0 Å². The van der Waals surface area contributed by atoms with E-state index >= 15 is 0 Å². The van der Waals surface area contributed by atoms with E-state index < -0.39 is 11.1 Å². The third-order valence-electron chi connectivity index (χ3n) is 0.457. The van der Waals surface area contributed by atoms with E-state index in [0.717, 1.165) is 0 Å². The summed E-state index contributed by atoms with van der Waals surface area (Å²) in [5.41, 5.74) is 0. The Hall–Kier alpha value is 0.500. The highest BCUT2D eigenvalue weighted by atomic mass is 35.5. The van der Waals surface area contributed by atoms with Gasteiger partial charge in [-0.3, -0.25) is 0 Å². The van der Waals surface area contributed by atoms with Gasteiger partial charge in [-0.25, -0.2) is 0 Å². The van der Waals surface area contributed by atoms with Crippen LogP contribution in [0.2, 0.25) is 0 Å². The summed E-state index contributed by atoms with van der Waals surface area (Å²) in [5.74, 6) is 0. The number of aliphatic hydroxyl groups is 1. The van der Waals surface area contributed by atoms with E-state index in [-0.39, 0.29) is 0 Å². The van der Waals surface area contributed by atoms with Crippen LogP contribution in [0.5, 0.6) is 0 Å². The van der Waals surface area contributed by atoms with Crippen molar-refractivity contribution in [1.82, 2.24) is 0 Å². The van der Waals surface area contributed by atoms with Crippen LogP contribution in [0.1, 0.15) is 0 Å². The maximum Gasteiger partial charge on any atom is 0.184 e. The van der Waals surface area contributed by atoms with Crippen LogP contribution in [0, 0.1) is 0 Å². The molecule has 0 amide bonds. The number of ether oxygens (including phenoxy) is 1. The molecule has 0 aromatic heterocycles. The van der Waals surface area contributed by atoms with Crippen molar-refractivity contribution in [2.24, 2.45) is 0 Å². The number of hydrogen-bond donors (Lipinski definition) is 1. The second-order valence-electron chi connectivity index (χ2n) is 0.961. The van der Waals surface area contributed by atoms with Gasteiger partial charge in [0.15, 0.2) is 11.1 Å². The van der Waals surface area contributed by atoms with Gasteiger partial charge < -0.3 is 9.84 Å². The SMILES string of the molecule is COC(O)C(Cl)Cl. The molecule has 0 aliphatic rings. The van der Waals surface area contributed by atoms with Crippen molar-refractivity contribution in [2.75, 3.05) is 7.11 Å². The highest BCUT2D eigenvalue weighted by Crippen LogP contribution is 2.06. The summed E-state index contributed by atoms with van der Waals surface area (Å²) in [5, 5.41) is 8.45. The summed E-state index contributed by atoms with van der Waals surface area (Å²) < 4.78 is 4.30. The molecule has 1 unspecified atom stereocenters. The number of rotatable bonds is 2. The molecule has 0 aliphatic carbocycles. The monoisotopic (exact) mass is 144 g/mol. The van der Waals surface area contributed by atoms with Gasteiger partial charge in [0.25, 0.3) is 0 Å². The Morgan fingerprint density at radius 3 is 2.00 bits per heavy atom. The lowest BCUT2D eigenvalue weighted by Gasteiger charge is -2.06. The maximum absolute atomic E-state index is 8.45. The second kappa shape index (κ2) is 3.50. The predicted molar refractivity (Wildman–Crippen MR) is 28.5 cm³/mol. The van der Waals surface area contributed by atoms with E-state index in [4.69, 9.17) is 28.3 Å². The van der Waals surface area contributed by atoms with Crippen LogP contribution in [0.15, 0.2) is 0 Å². The summed E-state index contributed by atoms with van der Waals surface area (Å²) >= 11 is 10.2. The lowest BCUT2D eigenvalue weighted by atomic mass is 10.7. The first-order valence-electron chi connectivity index (χ1n) is 1.67. The summed E-state index contributed by atoms with van der Waals surface area (Å²) in [6.45, 7) is 0. The highest BCUT2D eigenvalue weighted by molar-refractivity contribution is 6.44. The Morgan fingerprint density at radius 2 is 2.00 bits per heavy atom. The number of alkyl halides is 2. The smallest absolute Gasteiger partial charge is 0.184 e. The minimum atomic E-state index is -1.07. The van der Waals surface area contributed by atoms with E-state index in [1.54, 1.807) is 0 Å². The zero-order valence-corrected chi connectivity index (χ0v) is 5.28. The highest BCUT2D eigenvalue weighted by Gasteiger charge is 2.09. The molecular formula is C3H6Cl2O2. The largest absolute Gasteiger partial charge is 0.366 e. The van der Waals surface area contributed by atoms with E-state index in [2.05, 4.69) is 4.74 Å². The van der Waals surface area contributed by atoms with Crippen LogP contribution in [0.4, 0.5) is 0 Å². The second-order valence-corrected chi connectivity index (χ2v) is 2.12. The molecule has 2 nitrogen and oxygen atoms in total. The van der Waals surface area contributed by atoms with E-state index in [1.165, 1.54) is 7.11 Å². The molecule has 0 saturated heterocycles. The molecule has 44 valence electrons. The zero-order chi connectivity index (χ0) is 5.86. The average Bonchev–Trinajstić information content (AvgIpc) is 1.65. The van der Waals surface area contributed by atoms with Crippen molar-refractivity contribution in [3.8, 4) is 0 Å². The molecule has 4 heteroatoms. The van der Waals surface area contributed by atoms with Crippen LogP contribution in [0.25, 0.3) is 0 Å². The number of hydrogen-bond acceptors (Lipinski definition) is 2. The minimum absolute atomic E-state index is 0.856. The number of aliphatic hydroxyl groups excluding tert-OH is 1. The van der Waals surface area contributed by atoms with Gasteiger partial charge in [-0.2, -0.15) is 0 Å². The molecule has 0 bridgehead atoms. The average molecular weight is 145 g/mol. The van der Waals surface area contributed by atoms with E-state index in [0.29, 0.717) is 0 Å². The molecule has 0 saturated carbocycles. The molecule has 0 heterocycles. The topological polar surface area (TPSA) is 29.5 Å². The first-order chi connectivity index (χ1) is 3.18. The fraction of sp³-hybridized carbons (Fsp3) is 1.00. The molecular weight excluding hydrogens is 139 g/mol. The van der Waals surface area contributed by atoms with E-state index in [9.17, 15) is 0 Å². The van der Waals surface area contributed by atoms with Gasteiger partial charge in [-0.1, -0.05) is 23.2 Å². The summed E-state index contributed by atoms with van der Waals surface area (Å²) in [4.78, 5) is -0.856. The van der Waals surface area contributed by atoms with Crippen molar-refractivity contribution in [1.29, 1.82) is 0 Å². The summed E-state index contributed by atoms with van der Waals surface area (Å²) in [7, 11) is 1.32. The fourth-order valence-corrected chi connectivity index (χ4v) is 0.309. The van der Waals surface area contributed by atoms with Crippen LogP contribution < -0.4 is 0 Å². The molecule has 0 spiro atoms. The summed E-state index contributed by atoms with van der Waals surface area (Å²) in [6, 6.07) is 0. The van der Waals surface area contributed by atoms with Gasteiger partial charge in [-0.05, 0) is 0 Å². The molecule has 0 aliphatic heterocycles. The van der Waals surface area contributed by atoms with Crippen molar-refractivity contribution in [3.05, 3.63) is 0 Å². The standard InChI is InChI=1S/C3H6Cl2O2/c1-7-3(6)2(4)5/h2-3,6H,1H3. The van der Waals surface area contributed by atoms with Crippen molar-refractivity contribution in [2.45, 2.75) is 11.1 Å². The maximum atomic E-state index is 8.45. The Balaban J connectivity index is 3.14. The molecule has 1 atom stereocenters. The zero-order valence-electron chi connectivity index (χ0n) is 3.77. The van der Waals surface area contributed by atoms with Gasteiger partial charge in [-0.15, -0.1) is 0 Å². The molecule has 1 N–H and O–H groups in total. The Kier molecular flexibility index (Phi) is 3.75. The van der Waals surface area contributed by atoms with Crippen LogP contribution >= 0.6 is 23.2 Å². The first-order valence-corrected chi connectivity index (χ1v) is 2.54. The molecule has 7 heavy (non-hydrogen) atoms. The van der Waals surface area contributed by atoms with E-state index in [1.807, 2.05) is 0 Å².